The number of fused-ring (bicyclic) bond motifs is 1. The van der Waals surface area contributed by atoms with Gasteiger partial charge in [-0.15, -0.1) is 0 Å². The highest BCUT2D eigenvalue weighted by atomic mass is 16.5. The van der Waals surface area contributed by atoms with Crippen molar-refractivity contribution in [1.82, 2.24) is 10.3 Å². The number of nitrogens with zero attached hydrogens (tertiary/aromatic N) is 1. The molecule has 1 amide bonds. The Morgan fingerprint density at radius 3 is 2.75 bits per heavy atom. The van der Waals surface area contributed by atoms with Crippen LogP contribution in [0.3, 0.4) is 0 Å². The molecule has 0 saturated carbocycles. The Labute approximate surface area is 117 Å². The van der Waals surface area contributed by atoms with E-state index in [9.17, 15) is 9.59 Å². The van der Waals surface area contributed by atoms with Crippen LogP contribution in [0.1, 0.15) is 12.6 Å². The van der Waals surface area contributed by atoms with Gasteiger partial charge < -0.3 is 10.1 Å². The van der Waals surface area contributed by atoms with Gasteiger partial charge in [0, 0.05) is 5.39 Å². The van der Waals surface area contributed by atoms with Crippen molar-refractivity contribution in [2.45, 2.75) is 19.4 Å². The molecule has 0 spiro atoms. The molecule has 20 heavy (non-hydrogen) atoms. The first-order valence-electron chi connectivity index (χ1n) is 6.32. The van der Waals surface area contributed by atoms with E-state index in [0.29, 0.717) is 5.69 Å². The third kappa shape index (κ3) is 3.32. The molecule has 1 aromatic heterocycles. The lowest BCUT2D eigenvalue weighted by Gasteiger charge is -2.11. The summed E-state index contributed by atoms with van der Waals surface area (Å²) < 4.78 is 4.55. The number of methoxy groups -OCH3 is 1. The Morgan fingerprint density at radius 1 is 1.25 bits per heavy atom. The normalized spacial score (nSPS) is 11.9. The number of rotatable bonds is 4. The van der Waals surface area contributed by atoms with Crippen LogP contribution in [0.25, 0.3) is 10.9 Å². The summed E-state index contributed by atoms with van der Waals surface area (Å²) in [5.41, 5.74) is 1.51. The van der Waals surface area contributed by atoms with Gasteiger partial charge in [0.25, 0.3) is 0 Å². The molecule has 1 heterocycles. The second-order valence-corrected chi connectivity index (χ2v) is 4.48. The van der Waals surface area contributed by atoms with Gasteiger partial charge in [-0.1, -0.05) is 24.3 Å². The van der Waals surface area contributed by atoms with E-state index in [1.165, 1.54) is 7.11 Å². The van der Waals surface area contributed by atoms with Gasteiger partial charge in [-0.25, -0.2) is 4.79 Å². The molecule has 1 unspecified atom stereocenters. The van der Waals surface area contributed by atoms with Crippen LogP contribution in [0.2, 0.25) is 0 Å². The third-order valence-corrected chi connectivity index (χ3v) is 2.93. The highest BCUT2D eigenvalue weighted by molar-refractivity contribution is 5.85. The number of carbonyl (C=O) groups excluding carboxylic acids is 2. The maximum Gasteiger partial charge on any atom is 0.328 e. The molecule has 5 heteroatoms. The fraction of sp³-hybridized carbons (Fsp3) is 0.267. The Kier molecular flexibility index (Phi) is 4.30. The van der Waals surface area contributed by atoms with E-state index in [1.807, 2.05) is 36.4 Å². The van der Waals surface area contributed by atoms with Crippen LogP contribution in [-0.2, 0) is 20.7 Å². The molecule has 5 nitrogen and oxygen atoms in total. The molecule has 1 aromatic carbocycles. The summed E-state index contributed by atoms with van der Waals surface area (Å²) in [5.74, 6) is -0.726. The van der Waals surface area contributed by atoms with Gasteiger partial charge in [0.05, 0.1) is 24.7 Å². The monoisotopic (exact) mass is 272 g/mol. The van der Waals surface area contributed by atoms with Crippen molar-refractivity contribution in [1.29, 1.82) is 0 Å². The summed E-state index contributed by atoms with van der Waals surface area (Å²) in [4.78, 5) is 27.5. The number of amides is 1. The van der Waals surface area contributed by atoms with E-state index in [2.05, 4.69) is 15.0 Å². The molecular formula is C15H16N2O3. The van der Waals surface area contributed by atoms with Crippen molar-refractivity contribution in [2.75, 3.05) is 7.11 Å². The molecule has 0 aliphatic heterocycles. The molecule has 0 aliphatic rings. The number of benzene rings is 1. The van der Waals surface area contributed by atoms with Crippen molar-refractivity contribution in [2.24, 2.45) is 0 Å². The van der Waals surface area contributed by atoms with Gasteiger partial charge in [-0.2, -0.15) is 0 Å². The molecule has 104 valence electrons. The highest BCUT2D eigenvalue weighted by Gasteiger charge is 2.16. The van der Waals surface area contributed by atoms with Crippen LogP contribution >= 0.6 is 0 Å². The second kappa shape index (κ2) is 6.14. The number of hydrogen-bond donors (Lipinski definition) is 1. The highest BCUT2D eigenvalue weighted by Crippen LogP contribution is 2.12. The van der Waals surface area contributed by atoms with Gasteiger partial charge in [-0.3, -0.25) is 9.78 Å². The standard InChI is InChI=1S/C15H16N2O3/c1-10(15(19)20-2)16-14(18)9-12-8-7-11-5-3-4-6-13(11)17-12/h3-8,10H,9H2,1-2H3,(H,16,18). The van der Waals surface area contributed by atoms with Crippen LogP contribution in [0, 0.1) is 0 Å². The van der Waals surface area contributed by atoms with Gasteiger partial charge in [-0.05, 0) is 19.1 Å². The first-order chi connectivity index (χ1) is 9.60. The summed E-state index contributed by atoms with van der Waals surface area (Å²) in [6.07, 6.45) is 0.131. The van der Waals surface area contributed by atoms with Crippen molar-refractivity contribution in [3.63, 3.8) is 0 Å². The lowest BCUT2D eigenvalue weighted by Crippen LogP contribution is -2.40. The molecule has 0 bridgehead atoms. The minimum Gasteiger partial charge on any atom is -0.467 e. The number of ether oxygens (including phenoxy) is 1. The minimum absolute atomic E-state index is 0.131. The first kappa shape index (κ1) is 14.0. The van der Waals surface area contributed by atoms with Gasteiger partial charge in [0.1, 0.15) is 6.04 Å². The second-order valence-electron chi connectivity index (χ2n) is 4.48. The van der Waals surface area contributed by atoms with Crippen LogP contribution < -0.4 is 5.32 Å². The summed E-state index contributed by atoms with van der Waals surface area (Å²) >= 11 is 0. The largest absolute Gasteiger partial charge is 0.467 e. The molecule has 2 aromatic rings. The summed E-state index contributed by atoms with van der Waals surface area (Å²) in [7, 11) is 1.29. The number of carbonyl (C=O) groups is 2. The Bertz CT molecular complexity index is 640. The minimum atomic E-state index is -0.659. The fourth-order valence-electron chi connectivity index (χ4n) is 1.90. The summed E-state index contributed by atoms with van der Waals surface area (Å²) in [6, 6.07) is 10.8. The summed E-state index contributed by atoms with van der Waals surface area (Å²) in [6.45, 7) is 1.58. The smallest absolute Gasteiger partial charge is 0.328 e. The molecule has 0 fully saturated rings. The average Bonchev–Trinajstić information content (AvgIpc) is 2.46. The zero-order valence-corrected chi connectivity index (χ0v) is 11.4. The molecule has 2 rings (SSSR count). The molecule has 0 radical (unpaired) electrons. The molecule has 1 N–H and O–H groups in total. The molecule has 0 aliphatic carbocycles. The van der Waals surface area contributed by atoms with E-state index >= 15 is 0 Å². The number of hydrogen-bond acceptors (Lipinski definition) is 4. The number of nitrogens with one attached hydrogen (secondary N) is 1. The first-order valence-corrected chi connectivity index (χ1v) is 6.32. The number of esters is 1. The molecular weight excluding hydrogens is 256 g/mol. The van der Waals surface area contributed by atoms with E-state index in [1.54, 1.807) is 6.92 Å². The van der Waals surface area contributed by atoms with Crippen molar-refractivity contribution in [3.8, 4) is 0 Å². The maximum absolute atomic E-state index is 11.8. The van der Waals surface area contributed by atoms with Crippen LogP contribution in [0.4, 0.5) is 0 Å². The maximum atomic E-state index is 11.8. The van der Waals surface area contributed by atoms with Crippen molar-refractivity contribution < 1.29 is 14.3 Å². The van der Waals surface area contributed by atoms with Crippen LogP contribution in [-0.4, -0.2) is 30.0 Å². The number of para-hydroxylation sites is 1. The Balaban J connectivity index is 2.04. The molecule has 1 atom stereocenters. The zero-order chi connectivity index (χ0) is 14.5. The van der Waals surface area contributed by atoms with Gasteiger partial charge in [0.2, 0.25) is 5.91 Å². The van der Waals surface area contributed by atoms with E-state index in [4.69, 9.17) is 0 Å². The predicted molar refractivity (Wildman–Crippen MR) is 75.1 cm³/mol. The van der Waals surface area contributed by atoms with Gasteiger partial charge in [0.15, 0.2) is 0 Å². The van der Waals surface area contributed by atoms with E-state index < -0.39 is 12.0 Å². The lowest BCUT2D eigenvalue weighted by molar-refractivity contribution is -0.144. The number of aromatic nitrogens is 1. The molecule has 0 saturated heterocycles. The van der Waals surface area contributed by atoms with Crippen LogP contribution in [0.5, 0.6) is 0 Å². The Hall–Kier alpha value is -2.43. The number of pyridine rings is 1. The van der Waals surface area contributed by atoms with Crippen LogP contribution in [0.15, 0.2) is 36.4 Å². The topological polar surface area (TPSA) is 68.3 Å². The SMILES string of the molecule is COC(=O)C(C)NC(=O)Cc1ccc2ccccc2n1. The summed E-state index contributed by atoms with van der Waals surface area (Å²) in [5, 5.41) is 3.60. The predicted octanol–water partition coefficient (Wildman–Crippen LogP) is 1.45. The van der Waals surface area contributed by atoms with Gasteiger partial charge >= 0.3 is 5.97 Å². The Morgan fingerprint density at radius 2 is 2.00 bits per heavy atom. The van der Waals surface area contributed by atoms with E-state index in [0.717, 1.165) is 10.9 Å². The third-order valence-electron chi connectivity index (χ3n) is 2.93. The lowest BCUT2D eigenvalue weighted by atomic mass is 10.1. The zero-order valence-electron chi connectivity index (χ0n) is 11.4. The van der Waals surface area contributed by atoms with Crippen molar-refractivity contribution >= 4 is 22.8 Å². The van der Waals surface area contributed by atoms with Crippen molar-refractivity contribution in [3.05, 3.63) is 42.1 Å². The average molecular weight is 272 g/mol. The fourth-order valence-corrected chi connectivity index (χ4v) is 1.90. The van der Waals surface area contributed by atoms with E-state index in [-0.39, 0.29) is 12.3 Å². The quantitative estimate of drug-likeness (QED) is 0.855.